The molecule has 1 unspecified atom stereocenters. The van der Waals surface area contributed by atoms with Crippen LogP contribution in [0, 0.1) is 5.92 Å². The van der Waals surface area contributed by atoms with E-state index in [0.717, 1.165) is 24.5 Å². The summed E-state index contributed by atoms with van der Waals surface area (Å²) in [5.74, 6) is 1.91. The first-order valence-corrected chi connectivity index (χ1v) is 7.05. The average molecular weight is 274 g/mol. The van der Waals surface area contributed by atoms with Gasteiger partial charge < -0.3 is 4.90 Å². The largest absolute Gasteiger partial charge is 0.324 e. The zero-order valence-corrected chi connectivity index (χ0v) is 11.6. The molecule has 98 valence electrons. The minimum atomic E-state index is 0.403. The Hall–Kier alpha value is -1.61. The second-order valence-electron chi connectivity index (χ2n) is 5.07. The van der Waals surface area contributed by atoms with Gasteiger partial charge in [-0.05, 0) is 36.1 Å². The molecule has 1 aliphatic heterocycles. The molecule has 2 heterocycles. The third-order valence-electron chi connectivity index (χ3n) is 3.46. The standard InChI is InChI=1S/C15H16ClN3/c1-11-8-12-4-2-3-5-14(12)19(10-11)15-7-6-13(9-16)17-18-15/h2-7,11H,8-10H2,1H3. The number of halogens is 1. The van der Waals surface area contributed by atoms with E-state index in [-0.39, 0.29) is 0 Å². The Labute approximate surface area is 118 Å². The van der Waals surface area contributed by atoms with Crippen LogP contribution in [0.15, 0.2) is 36.4 Å². The quantitative estimate of drug-likeness (QED) is 0.784. The summed E-state index contributed by atoms with van der Waals surface area (Å²) < 4.78 is 0. The topological polar surface area (TPSA) is 29.0 Å². The van der Waals surface area contributed by atoms with E-state index in [1.165, 1.54) is 11.3 Å². The number of hydrogen-bond acceptors (Lipinski definition) is 3. The normalized spacial score (nSPS) is 18.2. The van der Waals surface area contributed by atoms with Crippen LogP contribution in [-0.4, -0.2) is 16.7 Å². The maximum absolute atomic E-state index is 5.75. The molecule has 0 amide bonds. The number of hydrogen-bond donors (Lipinski definition) is 0. The van der Waals surface area contributed by atoms with Crippen LogP contribution in [0.25, 0.3) is 0 Å². The molecule has 1 aliphatic rings. The monoisotopic (exact) mass is 273 g/mol. The number of alkyl halides is 1. The van der Waals surface area contributed by atoms with Gasteiger partial charge in [0, 0.05) is 12.2 Å². The van der Waals surface area contributed by atoms with Crippen molar-refractivity contribution >= 4 is 23.1 Å². The molecular weight excluding hydrogens is 258 g/mol. The predicted molar refractivity (Wildman–Crippen MR) is 77.9 cm³/mol. The predicted octanol–water partition coefficient (Wildman–Crippen LogP) is 3.55. The lowest BCUT2D eigenvalue weighted by Crippen LogP contribution is -2.31. The van der Waals surface area contributed by atoms with E-state index < -0.39 is 0 Å². The van der Waals surface area contributed by atoms with Gasteiger partial charge in [0.05, 0.1) is 11.6 Å². The van der Waals surface area contributed by atoms with Gasteiger partial charge in [0.25, 0.3) is 0 Å². The third kappa shape index (κ3) is 2.43. The fourth-order valence-electron chi connectivity index (χ4n) is 2.58. The van der Waals surface area contributed by atoms with Gasteiger partial charge in [0.15, 0.2) is 5.82 Å². The molecule has 2 aromatic rings. The van der Waals surface area contributed by atoms with Crippen LogP contribution in [0.2, 0.25) is 0 Å². The first kappa shape index (κ1) is 12.4. The number of benzene rings is 1. The second kappa shape index (κ2) is 5.17. The molecule has 1 atom stereocenters. The SMILES string of the molecule is CC1Cc2ccccc2N(c2ccc(CCl)nn2)C1. The molecule has 1 aromatic heterocycles. The lowest BCUT2D eigenvalue weighted by molar-refractivity contribution is 0.559. The van der Waals surface area contributed by atoms with Crippen molar-refractivity contribution in [3.8, 4) is 0 Å². The lowest BCUT2D eigenvalue weighted by Gasteiger charge is -2.33. The summed E-state index contributed by atoms with van der Waals surface area (Å²) in [6.07, 6.45) is 1.12. The van der Waals surface area contributed by atoms with Gasteiger partial charge >= 0.3 is 0 Å². The summed E-state index contributed by atoms with van der Waals surface area (Å²) in [5.41, 5.74) is 3.43. The highest BCUT2D eigenvalue weighted by atomic mass is 35.5. The highest BCUT2D eigenvalue weighted by molar-refractivity contribution is 6.16. The number of para-hydroxylation sites is 1. The molecule has 0 saturated carbocycles. The van der Waals surface area contributed by atoms with Crippen molar-refractivity contribution in [1.29, 1.82) is 0 Å². The number of rotatable bonds is 2. The van der Waals surface area contributed by atoms with Crippen molar-refractivity contribution in [1.82, 2.24) is 10.2 Å². The average Bonchev–Trinajstić information content (AvgIpc) is 2.46. The fraction of sp³-hybridized carbons (Fsp3) is 0.333. The molecule has 0 spiro atoms. The Morgan fingerprint density at radius 2 is 2.05 bits per heavy atom. The summed E-state index contributed by atoms with van der Waals surface area (Å²) in [4.78, 5) is 2.24. The van der Waals surface area contributed by atoms with Crippen molar-refractivity contribution in [2.45, 2.75) is 19.2 Å². The molecule has 3 nitrogen and oxygen atoms in total. The Balaban J connectivity index is 1.99. The van der Waals surface area contributed by atoms with E-state index in [2.05, 4.69) is 46.3 Å². The summed E-state index contributed by atoms with van der Waals surface area (Å²) >= 11 is 5.75. The lowest BCUT2D eigenvalue weighted by atomic mass is 9.94. The number of anilines is 2. The van der Waals surface area contributed by atoms with Crippen molar-refractivity contribution < 1.29 is 0 Å². The zero-order chi connectivity index (χ0) is 13.2. The van der Waals surface area contributed by atoms with Crippen LogP contribution in [0.4, 0.5) is 11.5 Å². The molecule has 0 fully saturated rings. The second-order valence-corrected chi connectivity index (χ2v) is 5.33. The van der Waals surface area contributed by atoms with Gasteiger partial charge in [0.2, 0.25) is 0 Å². The summed E-state index contributed by atoms with van der Waals surface area (Å²) in [5, 5.41) is 8.44. The molecular formula is C15H16ClN3. The first-order valence-electron chi connectivity index (χ1n) is 6.52. The molecule has 0 N–H and O–H groups in total. The molecule has 0 saturated heterocycles. The van der Waals surface area contributed by atoms with Crippen LogP contribution < -0.4 is 4.90 Å². The Morgan fingerprint density at radius 3 is 2.79 bits per heavy atom. The van der Waals surface area contributed by atoms with E-state index in [1.54, 1.807) is 0 Å². The molecule has 1 aromatic carbocycles. The Morgan fingerprint density at radius 1 is 1.21 bits per heavy atom. The summed E-state index contributed by atoms with van der Waals surface area (Å²) in [7, 11) is 0. The molecule has 3 rings (SSSR count). The van der Waals surface area contributed by atoms with Gasteiger partial charge in [-0.25, -0.2) is 0 Å². The van der Waals surface area contributed by atoms with Crippen molar-refractivity contribution in [2.75, 3.05) is 11.4 Å². The van der Waals surface area contributed by atoms with Crippen LogP contribution in [0.5, 0.6) is 0 Å². The van der Waals surface area contributed by atoms with Crippen LogP contribution in [-0.2, 0) is 12.3 Å². The summed E-state index contributed by atoms with van der Waals surface area (Å²) in [6, 6.07) is 12.5. The van der Waals surface area contributed by atoms with Gasteiger partial charge in [-0.3, -0.25) is 0 Å². The van der Waals surface area contributed by atoms with E-state index in [1.807, 2.05) is 12.1 Å². The minimum Gasteiger partial charge on any atom is -0.324 e. The summed E-state index contributed by atoms with van der Waals surface area (Å²) in [6.45, 7) is 3.25. The van der Waals surface area contributed by atoms with Crippen LogP contribution in [0.1, 0.15) is 18.2 Å². The van der Waals surface area contributed by atoms with Crippen molar-refractivity contribution in [2.24, 2.45) is 5.92 Å². The minimum absolute atomic E-state index is 0.403. The van der Waals surface area contributed by atoms with Gasteiger partial charge in [-0.1, -0.05) is 25.1 Å². The van der Waals surface area contributed by atoms with Gasteiger partial charge in [0.1, 0.15) is 0 Å². The zero-order valence-electron chi connectivity index (χ0n) is 10.9. The van der Waals surface area contributed by atoms with Gasteiger partial charge in [-0.15, -0.1) is 16.7 Å². The molecule has 0 radical (unpaired) electrons. The third-order valence-corrected chi connectivity index (χ3v) is 3.74. The van der Waals surface area contributed by atoms with Crippen molar-refractivity contribution in [3.63, 3.8) is 0 Å². The molecule has 4 heteroatoms. The first-order chi connectivity index (χ1) is 9.28. The van der Waals surface area contributed by atoms with Crippen LogP contribution in [0.3, 0.4) is 0 Å². The fourth-order valence-corrected chi connectivity index (χ4v) is 2.72. The van der Waals surface area contributed by atoms with Gasteiger partial charge in [-0.2, -0.15) is 5.10 Å². The van der Waals surface area contributed by atoms with Crippen LogP contribution >= 0.6 is 11.6 Å². The van der Waals surface area contributed by atoms with E-state index in [9.17, 15) is 0 Å². The maximum atomic E-state index is 5.75. The Bertz CT molecular complexity index is 568. The number of fused-ring (bicyclic) bond motifs is 1. The Kier molecular flexibility index (Phi) is 3.38. The highest BCUT2D eigenvalue weighted by Crippen LogP contribution is 2.33. The van der Waals surface area contributed by atoms with E-state index in [0.29, 0.717) is 11.8 Å². The van der Waals surface area contributed by atoms with E-state index in [4.69, 9.17) is 11.6 Å². The van der Waals surface area contributed by atoms with E-state index >= 15 is 0 Å². The molecule has 19 heavy (non-hydrogen) atoms. The maximum Gasteiger partial charge on any atom is 0.155 e. The highest BCUT2D eigenvalue weighted by Gasteiger charge is 2.23. The number of aromatic nitrogens is 2. The molecule has 0 aliphatic carbocycles. The van der Waals surface area contributed by atoms with Crippen molar-refractivity contribution in [3.05, 3.63) is 47.7 Å². The number of nitrogens with zero attached hydrogens (tertiary/aromatic N) is 3. The smallest absolute Gasteiger partial charge is 0.155 e. The molecule has 0 bridgehead atoms.